The molecule has 0 saturated carbocycles. The van der Waals surface area contributed by atoms with E-state index in [1.165, 1.54) is 0 Å². The third-order valence-corrected chi connectivity index (χ3v) is 5.90. The van der Waals surface area contributed by atoms with E-state index >= 15 is 0 Å². The first-order valence-electron chi connectivity index (χ1n) is 5.33. The molecule has 0 N–H and O–H groups in total. The molecule has 0 bridgehead atoms. The van der Waals surface area contributed by atoms with Gasteiger partial charge in [0.1, 0.15) is 5.82 Å². The smallest absolute Gasteiger partial charge is 0.267 e. The predicted molar refractivity (Wildman–Crippen MR) is 71.5 cm³/mol. The number of fused-ring (bicyclic) bond motifs is 1. The first-order chi connectivity index (χ1) is 9.41. The quantitative estimate of drug-likeness (QED) is 0.648. The maximum Gasteiger partial charge on any atom is 0.274 e. The monoisotopic (exact) mass is 345 g/mol. The number of nitrogens with zero attached hydrogens (tertiary/aromatic N) is 1. The van der Waals surface area contributed by atoms with E-state index in [2.05, 4.69) is 0 Å². The lowest BCUT2D eigenvalue weighted by atomic mass is 10.3. The predicted octanol–water partition coefficient (Wildman–Crippen LogP) is 5.24. The van der Waals surface area contributed by atoms with Gasteiger partial charge in [0, 0.05) is 5.41 Å². The van der Waals surface area contributed by atoms with E-state index in [0.717, 1.165) is 18.2 Å². The number of halogens is 6. The van der Waals surface area contributed by atoms with Crippen LogP contribution < -0.4 is 5.56 Å². The van der Waals surface area contributed by atoms with Crippen LogP contribution >= 0.6 is 21.4 Å². The molecule has 21 heavy (non-hydrogen) atoms. The van der Waals surface area contributed by atoms with E-state index in [1.807, 2.05) is 0 Å². The van der Waals surface area contributed by atoms with E-state index in [0.29, 0.717) is 0 Å². The van der Waals surface area contributed by atoms with Crippen LogP contribution in [-0.2, 0) is 0 Å². The fraction of sp³-hybridized carbons (Fsp3) is 0. The van der Waals surface area contributed by atoms with Gasteiger partial charge in [-0.2, -0.15) is 0 Å². The molecular weight excluding hydrogens is 340 g/mol. The van der Waals surface area contributed by atoms with Gasteiger partial charge in [-0.3, -0.25) is 4.79 Å². The van der Waals surface area contributed by atoms with Gasteiger partial charge in [-0.15, -0.1) is 15.5 Å². The van der Waals surface area contributed by atoms with Crippen molar-refractivity contribution in [2.45, 2.75) is 0 Å². The zero-order valence-electron chi connectivity index (χ0n) is 9.83. The molecule has 1 aromatic heterocycles. The van der Waals surface area contributed by atoms with Crippen LogP contribution in [0, 0.1) is 5.82 Å². The summed E-state index contributed by atoms with van der Waals surface area (Å²) in [4.78, 5) is 11.9. The second-order valence-electron chi connectivity index (χ2n) is 4.42. The van der Waals surface area contributed by atoms with Gasteiger partial charge in [-0.25, -0.2) is 12.7 Å². The van der Waals surface area contributed by atoms with Crippen LogP contribution in [0.15, 0.2) is 40.3 Å². The van der Waals surface area contributed by atoms with Crippen molar-refractivity contribution in [1.82, 2.24) is 3.96 Å². The van der Waals surface area contributed by atoms with Crippen molar-refractivity contribution in [3.63, 3.8) is 0 Å². The van der Waals surface area contributed by atoms with Crippen LogP contribution in [-0.4, -0.2) is 3.96 Å². The van der Waals surface area contributed by atoms with Gasteiger partial charge >= 0.3 is 0 Å². The van der Waals surface area contributed by atoms with Crippen LogP contribution in [0.25, 0.3) is 15.1 Å². The first kappa shape index (κ1) is 14.3. The molecule has 0 saturated heterocycles. The Bertz CT molecular complexity index is 916. The Morgan fingerprint density at radius 2 is 1.76 bits per heavy atom. The molecule has 2 aromatic rings. The van der Waals surface area contributed by atoms with Crippen LogP contribution in [0.4, 0.5) is 24.3 Å². The minimum Gasteiger partial charge on any atom is -0.267 e. The number of hydrogen-bond acceptors (Lipinski definition) is 2. The minimum absolute atomic E-state index is 0.0120. The van der Waals surface area contributed by atoms with Gasteiger partial charge in [-0.05, 0) is 35.8 Å². The normalized spacial score (nSPS) is 25.4. The Labute approximate surface area is 117 Å². The van der Waals surface area contributed by atoms with Gasteiger partial charge in [0.15, 0.2) is 5.83 Å². The number of benzene rings is 1. The second kappa shape index (κ2) is 3.38. The lowest BCUT2D eigenvalue weighted by molar-refractivity contribution is 0.487. The molecule has 0 spiro atoms. The standard InChI is InChI=1S/C11H5F6NOS2/c12-6-1-2-9-7(5-6)10(19)18(20-9)11-8(13)3-4-21(11,14,15,16)17/h1-5H. The number of aromatic nitrogens is 1. The second-order valence-corrected chi connectivity index (χ2v) is 8.33. The molecule has 0 fully saturated rings. The average Bonchev–Trinajstić information content (AvgIpc) is 2.73. The summed E-state index contributed by atoms with van der Waals surface area (Å²) in [6.45, 7) is 0. The fourth-order valence-electron chi connectivity index (χ4n) is 1.94. The Kier molecular flexibility index (Phi) is 2.30. The van der Waals surface area contributed by atoms with Crippen LogP contribution in [0.2, 0.25) is 0 Å². The molecule has 2 heterocycles. The van der Waals surface area contributed by atoms with Gasteiger partial charge in [0.25, 0.3) is 5.56 Å². The number of allylic oxidation sites excluding steroid dienone is 2. The molecule has 3 rings (SSSR count). The van der Waals surface area contributed by atoms with Crippen LogP contribution in [0.5, 0.6) is 0 Å². The molecule has 2 nitrogen and oxygen atoms in total. The average molecular weight is 345 g/mol. The third kappa shape index (κ3) is 2.01. The molecule has 0 unspecified atom stereocenters. The molecule has 1 aliphatic heterocycles. The van der Waals surface area contributed by atoms with E-state index in [9.17, 15) is 29.1 Å². The maximum atomic E-state index is 13.7. The lowest BCUT2D eigenvalue weighted by Gasteiger charge is -2.45. The van der Waals surface area contributed by atoms with E-state index in [-0.39, 0.29) is 31.7 Å². The summed E-state index contributed by atoms with van der Waals surface area (Å²) in [5.74, 6) is -2.73. The largest absolute Gasteiger partial charge is 0.274 e. The lowest BCUT2D eigenvalue weighted by Crippen LogP contribution is -2.21. The number of rotatable bonds is 1. The number of hydrogen-bond donors (Lipinski definition) is 0. The van der Waals surface area contributed by atoms with Crippen molar-refractivity contribution in [3.8, 4) is 0 Å². The van der Waals surface area contributed by atoms with E-state index in [1.54, 1.807) is 0 Å². The third-order valence-electron chi connectivity index (χ3n) is 2.83. The Balaban J connectivity index is 2.40. The summed E-state index contributed by atoms with van der Waals surface area (Å²) in [6.07, 6.45) is -0.0612. The van der Waals surface area contributed by atoms with Crippen molar-refractivity contribution in [2.75, 3.05) is 0 Å². The summed E-state index contributed by atoms with van der Waals surface area (Å²) >= 11 is 0.202. The molecule has 10 heteroatoms. The molecule has 0 radical (unpaired) electrons. The summed E-state index contributed by atoms with van der Waals surface area (Å²) in [5, 5.41) is -3.43. The van der Waals surface area contributed by atoms with Crippen molar-refractivity contribution >= 4 is 36.5 Å². The van der Waals surface area contributed by atoms with Crippen LogP contribution in [0.1, 0.15) is 0 Å². The van der Waals surface area contributed by atoms with Gasteiger partial charge < -0.3 is 0 Å². The Morgan fingerprint density at radius 3 is 2.33 bits per heavy atom. The highest BCUT2D eigenvalue weighted by Gasteiger charge is 2.69. The molecule has 0 aliphatic carbocycles. The fourth-order valence-corrected chi connectivity index (χ4v) is 4.87. The SMILES string of the molecule is O=c1c2cc(F)ccc2sn1C1=C(F)C=CS1(F)(F)(F)F. The molecule has 0 atom stereocenters. The van der Waals surface area contributed by atoms with Crippen molar-refractivity contribution < 1.29 is 24.3 Å². The summed E-state index contributed by atoms with van der Waals surface area (Å²) in [5.41, 5.74) is -1.32. The molecule has 0 amide bonds. The highest BCUT2D eigenvalue weighted by molar-refractivity contribution is 8.58. The zero-order valence-corrected chi connectivity index (χ0v) is 11.5. The maximum absolute atomic E-state index is 13.7. The molecule has 1 aliphatic rings. The summed E-state index contributed by atoms with van der Waals surface area (Å²) in [6, 6.07) is 2.73. The van der Waals surface area contributed by atoms with Gasteiger partial charge in [0.2, 0.25) is 14.9 Å². The first-order valence-corrected chi connectivity index (χ1v) is 8.22. The summed E-state index contributed by atoms with van der Waals surface area (Å²) < 4.78 is 81.1. The molecule has 114 valence electrons. The van der Waals surface area contributed by atoms with Crippen molar-refractivity contribution in [3.05, 3.63) is 51.7 Å². The van der Waals surface area contributed by atoms with Crippen molar-refractivity contribution in [2.24, 2.45) is 0 Å². The molecular formula is C11H5F6NOS2. The van der Waals surface area contributed by atoms with Gasteiger partial charge in [-0.1, -0.05) is 0 Å². The topological polar surface area (TPSA) is 22.0 Å². The Morgan fingerprint density at radius 1 is 1.10 bits per heavy atom. The highest BCUT2D eigenvalue weighted by Crippen LogP contribution is 3.04. The summed E-state index contributed by atoms with van der Waals surface area (Å²) in [7, 11) is -9.00. The van der Waals surface area contributed by atoms with Crippen LogP contribution in [0.3, 0.4) is 0 Å². The zero-order chi connectivity index (χ0) is 15.7. The highest BCUT2D eigenvalue weighted by atomic mass is 32.5. The van der Waals surface area contributed by atoms with Crippen molar-refractivity contribution in [1.29, 1.82) is 0 Å². The van der Waals surface area contributed by atoms with E-state index in [4.69, 9.17) is 0 Å². The van der Waals surface area contributed by atoms with E-state index < -0.39 is 37.5 Å². The molecule has 1 aromatic carbocycles. The Hall–Kier alpha value is -1.68. The van der Waals surface area contributed by atoms with Gasteiger partial charge in [0.05, 0.1) is 10.1 Å². The minimum atomic E-state index is -9.00.